The Kier molecular flexibility index (Phi) is 6.47. The first-order valence-corrected chi connectivity index (χ1v) is 8.80. The number of methoxy groups -OCH3 is 2. The molecule has 0 aromatic heterocycles. The van der Waals surface area contributed by atoms with E-state index >= 15 is 0 Å². The SMILES string of the molecule is CCCCCN1C(=O)C(=Cc2ccc(OC)cc2OC)SC1=S. The van der Waals surface area contributed by atoms with Gasteiger partial charge in [0.2, 0.25) is 0 Å². The van der Waals surface area contributed by atoms with Crippen molar-refractivity contribution in [2.75, 3.05) is 20.8 Å². The van der Waals surface area contributed by atoms with Crippen LogP contribution in [0.4, 0.5) is 0 Å². The van der Waals surface area contributed by atoms with Crippen molar-refractivity contribution in [2.24, 2.45) is 0 Å². The van der Waals surface area contributed by atoms with Gasteiger partial charge < -0.3 is 9.47 Å². The molecule has 0 bridgehead atoms. The van der Waals surface area contributed by atoms with E-state index in [1.165, 1.54) is 11.8 Å². The monoisotopic (exact) mass is 351 g/mol. The fourth-order valence-corrected chi connectivity index (χ4v) is 3.59. The van der Waals surface area contributed by atoms with Gasteiger partial charge in [0.25, 0.3) is 5.91 Å². The molecule has 23 heavy (non-hydrogen) atoms. The van der Waals surface area contributed by atoms with Crippen LogP contribution in [0.15, 0.2) is 23.1 Å². The molecule has 0 unspecified atom stereocenters. The largest absolute Gasteiger partial charge is 0.497 e. The molecule has 0 radical (unpaired) electrons. The first-order chi connectivity index (χ1) is 11.1. The molecule has 6 heteroatoms. The normalized spacial score (nSPS) is 16.3. The van der Waals surface area contributed by atoms with E-state index in [0.717, 1.165) is 24.8 Å². The summed E-state index contributed by atoms with van der Waals surface area (Å²) < 4.78 is 11.2. The van der Waals surface area contributed by atoms with Gasteiger partial charge in [-0.2, -0.15) is 0 Å². The molecule has 1 aromatic rings. The number of benzene rings is 1. The number of thioether (sulfide) groups is 1. The lowest BCUT2D eigenvalue weighted by molar-refractivity contribution is -0.122. The molecule has 1 heterocycles. The molecule has 0 aliphatic carbocycles. The average Bonchev–Trinajstić information content (AvgIpc) is 2.82. The third-order valence-electron chi connectivity index (χ3n) is 3.59. The molecule has 0 spiro atoms. The summed E-state index contributed by atoms with van der Waals surface area (Å²) in [4.78, 5) is 14.8. The number of ether oxygens (including phenoxy) is 2. The smallest absolute Gasteiger partial charge is 0.266 e. The van der Waals surface area contributed by atoms with Gasteiger partial charge in [-0.3, -0.25) is 9.69 Å². The number of hydrogen-bond donors (Lipinski definition) is 0. The van der Waals surface area contributed by atoms with Gasteiger partial charge in [-0.1, -0.05) is 43.7 Å². The number of nitrogens with zero attached hydrogens (tertiary/aromatic N) is 1. The zero-order chi connectivity index (χ0) is 16.8. The van der Waals surface area contributed by atoms with E-state index in [1.807, 2.05) is 18.2 Å². The fourth-order valence-electron chi connectivity index (χ4n) is 2.29. The number of carbonyl (C=O) groups excluding carboxylic acids is 1. The van der Waals surface area contributed by atoms with Crippen molar-refractivity contribution in [3.05, 3.63) is 28.7 Å². The molecular weight excluding hydrogens is 330 g/mol. The summed E-state index contributed by atoms with van der Waals surface area (Å²) in [5.74, 6) is 1.36. The van der Waals surface area contributed by atoms with Crippen LogP contribution in [0.1, 0.15) is 31.7 Å². The highest BCUT2D eigenvalue weighted by Crippen LogP contribution is 2.35. The second-order valence-corrected chi connectivity index (χ2v) is 6.82. The summed E-state index contributed by atoms with van der Waals surface area (Å²) in [6, 6.07) is 5.52. The topological polar surface area (TPSA) is 38.8 Å². The molecule has 1 aliphatic heterocycles. The first kappa shape index (κ1) is 17.8. The number of carbonyl (C=O) groups is 1. The lowest BCUT2D eigenvalue weighted by atomic mass is 10.1. The Bertz CT molecular complexity index is 628. The van der Waals surface area contributed by atoms with E-state index in [9.17, 15) is 4.79 Å². The Hall–Kier alpha value is -1.53. The standard InChI is InChI=1S/C17H21NO3S2/c1-4-5-6-9-18-16(19)15(23-17(18)22)10-12-7-8-13(20-2)11-14(12)21-3/h7-8,10-11H,4-6,9H2,1-3H3. The minimum absolute atomic E-state index is 0.0195. The Morgan fingerprint density at radius 3 is 2.70 bits per heavy atom. The van der Waals surface area contributed by atoms with Crippen molar-refractivity contribution in [1.82, 2.24) is 4.90 Å². The molecule has 1 saturated heterocycles. The molecule has 124 valence electrons. The lowest BCUT2D eigenvalue weighted by Crippen LogP contribution is -2.28. The Morgan fingerprint density at radius 1 is 1.26 bits per heavy atom. The number of rotatable bonds is 7. The van der Waals surface area contributed by atoms with Gasteiger partial charge in [0, 0.05) is 18.2 Å². The van der Waals surface area contributed by atoms with Crippen LogP contribution >= 0.6 is 24.0 Å². The van der Waals surface area contributed by atoms with Gasteiger partial charge >= 0.3 is 0 Å². The van der Waals surface area contributed by atoms with E-state index in [2.05, 4.69) is 6.92 Å². The molecular formula is C17H21NO3S2. The summed E-state index contributed by atoms with van der Waals surface area (Å²) in [5, 5.41) is 0. The molecule has 0 atom stereocenters. The Morgan fingerprint density at radius 2 is 2.04 bits per heavy atom. The van der Waals surface area contributed by atoms with Gasteiger partial charge in [0.05, 0.1) is 19.1 Å². The molecule has 4 nitrogen and oxygen atoms in total. The minimum atomic E-state index is -0.0195. The van der Waals surface area contributed by atoms with E-state index in [1.54, 1.807) is 25.2 Å². The third kappa shape index (κ3) is 4.26. The van der Waals surface area contributed by atoms with Gasteiger partial charge in [-0.05, 0) is 24.6 Å². The van der Waals surface area contributed by atoms with Crippen molar-refractivity contribution < 1.29 is 14.3 Å². The zero-order valence-corrected chi connectivity index (χ0v) is 15.3. The quantitative estimate of drug-likeness (QED) is 0.420. The van der Waals surface area contributed by atoms with Crippen LogP contribution < -0.4 is 9.47 Å². The second-order valence-electron chi connectivity index (χ2n) is 5.15. The van der Waals surface area contributed by atoms with E-state index in [-0.39, 0.29) is 5.91 Å². The summed E-state index contributed by atoms with van der Waals surface area (Å²) in [7, 11) is 3.21. The predicted octanol–water partition coefficient (Wildman–Crippen LogP) is 4.10. The van der Waals surface area contributed by atoms with Crippen LogP contribution in [0.5, 0.6) is 11.5 Å². The molecule has 1 aromatic carbocycles. The van der Waals surface area contributed by atoms with Crippen LogP contribution in [0.3, 0.4) is 0 Å². The molecule has 1 aliphatic rings. The van der Waals surface area contributed by atoms with Crippen LogP contribution in [-0.4, -0.2) is 35.9 Å². The zero-order valence-electron chi connectivity index (χ0n) is 13.6. The highest BCUT2D eigenvalue weighted by Gasteiger charge is 2.31. The van der Waals surface area contributed by atoms with E-state index < -0.39 is 0 Å². The first-order valence-electron chi connectivity index (χ1n) is 7.58. The van der Waals surface area contributed by atoms with Crippen molar-refractivity contribution in [3.63, 3.8) is 0 Å². The highest BCUT2D eigenvalue weighted by atomic mass is 32.2. The maximum absolute atomic E-state index is 12.5. The summed E-state index contributed by atoms with van der Waals surface area (Å²) in [6.07, 6.45) is 5.02. The summed E-state index contributed by atoms with van der Waals surface area (Å²) in [6.45, 7) is 2.83. The van der Waals surface area contributed by atoms with Crippen molar-refractivity contribution in [1.29, 1.82) is 0 Å². The molecule has 2 rings (SSSR count). The van der Waals surface area contributed by atoms with Gasteiger partial charge in [0.1, 0.15) is 15.8 Å². The number of hydrogen-bond acceptors (Lipinski definition) is 5. The third-order valence-corrected chi connectivity index (χ3v) is 4.96. The van der Waals surface area contributed by atoms with Gasteiger partial charge in [-0.15, -0.1) is 0 Å². The average molecular weight is 351 g/mol. The van der Waals surface area contributed by atoms with Crippen molar-refractivity contribution >= 4 is 40.3 Å². The second kappa shape index (κ2) is 8.36. The van der Waals surface area contributed by atoms with Crippen molar-refractivity contribution in [3.8, 4) is 11.5 Å². The number of unbranched alkanes of at least 4 members (excludes halogenated alkanes) is 2. The maximum atomic E-state index is 12.5. The molecule has 1 amide bonds. The van der Waals surface area contributed by atoms with E-state index in [0.29, 0.717) is 27.3 Å². The number of amides is 1. The maximum Gasteiger partial charge on any atom is 0.266 e. The summed E-state index contributed by atoms with van der Waals surface area (Å²) >= 11 is 6.68. The van der Waals surface area contributed by atoms with Gasteiger partial charge in [-0.25, -0.2) is 0 Å². The Balaban J connectivity index is 2.20. The van der Waals surface area contributed by atoms with Crippen LogP contribution in [0.25, 0.3) is 6.08 Å². The molecule has 0 N–H and O–H groups in total. The molecule has 0 saturated carbocycles. The Labute approximate surface area is 146 Å². The van der Waals surface area contributed by atoms with Gasteiger partial charge in [0.15, 0.2) is 0 Å². The highest BCUT2D eigenvalue weighted by molar-refractivity contribution is 8.26. The van der Waals surface area contributed by atoms with Crippen LogP contribution in [-0.2, 0) is 4.79 Å². The van der Waals surface area contributed by atoms with Crippen LogP contribution in [0, 0.1) is 0 Å². The lowest BCUT2D eigenvalue weighted by Gasteiger charge is -2.13. The summed E-state index contributed by atoms with van der Waals surface area (Å²) in [5.41, 5.74) is 0.836. The molecule has 1 fully saturated rings. The predicted molar refractivity (Wildman–Crippen MR) is 99.0 cm³/mol. The van der Waals surface area contributed by atoms with Crippen molar-refractivity contribution in [2.45, 2.75) is 26.2 Å². The number of thiocarbonyl (C=S) groups is 1. The van der Waals surface area contributed by atoms with E-state index in [4.69, 9.17) is 21.7 Å². The fraction of sp³-hybridized carbons (Fsp3) is 0.412. The van der Waals surface area contributed by atoms with Crippen LogP contribution in [0.2, 0.25) is 0 Å². The minimum Gasteiger partial charge on any atom is -0.497 e.